The van der Waals surface area contributed by atoms with E-state index in [0.29, 0.717) is 18.0 Å². The fourth-order valence-electron chi connectivity index (χ4n) is 3.86. The molecule has 0 bridgehead atoms. The molecule has 1 unspecified atom stereocenters. The van der Waals surface area contributed by atoms with Gasteiger partial charge in [0.1, 0.15) is 16.6 Å². The zero-order chi connectivity index (χ0) is 21.9. The number of piperidine rings is 1. The van der Waals surface area contributed by atoms with Gasteiger partial charge in [0.2, 0.25) is 0 Å². The molecule has 3 rings (SSSR count). The molecule has 0 aliphatic carbocycles. The first-order valence-corrected chi connectivity index (χ1v) is 11.4. The molecule has 7 heteroatoms. The maximum atomic E-state index is 12.8. The maximum Gasteiger partial charge on any atom is 0.412 e. The van der Waals surface area contributed by atoms with Crippen molar-refractivity contribution in [2.24, 2.45) is 0 Å². The van der Waals surface area contributed by atoms with Crippen LogP contribution in [0.5, 0.6) is 0 Å². The fourth-order valence-corrected chi connectivity index (χ4v) is 4.76. The summed E-state index contributed by atoms with van der Waals surface area (Å²) in [5.74, 6) is -0.259. The van der Waals surface area contributed by atoms with Crippen LogP contribution in [-0.4, -0.2) is 53.8 Å². The molecular formula is C23H32N2O4S. The summed E-state index contributed by atoms with van der Waals surface area (Å²) in [6.07, 6.45) is 7.58. The van der Waals surface area contributed by atoms with E-state index in [9.17, 15) is 9.59 Å². The zero-order valence-electron chi connectivity index (χ0n) is 18.6. The fraction of sp³-hybridized carbons (Fsp3) is 0.565. The topological polar surface area (TPSA) is 59.1 Å². The molecule has 6 nitrogen and oxygen atoms in total. The van der Waals surface area contributed by atoms with Gasteiger partial charge in [0.15, 0.2) is 0 Å². The Kier molecular flexibility index (Phi) is 6.91. The van der Waals surface area contributed by atoms with Crippen LogP contribution in [0.25, 0.3) is 0 Å². The monoisotopic (exact) mass is 432 g/mol. The molecule has 30 heavy (non-hydrogen) atoms. The van der Waals surface area contributed by atoms with Crippen molar-refractivity contribution in [1.29, 1.82) is 0 Å². The van der Waals surface area contributed by atoms with E-state index >= 15 is 0 Å². The van der Waals surface area contributed by atoms with Crippen LogP contribution in [0.4, 0.5) is 4.79 Å². The SMILES string of the molecule is CCOC(=O)c1ccc(CCC2=CC=C3CCCN(C(=O)OC(C)(C)C)C3N2C)s1. The van der Waals surface area contributed by atoms with Crippen LogP contribution in [0.15, 0.2) is 35.6 Å². The number of nitrogens with zero attached hydrogens (tertiary/aromatic N) is 2. The number of amides is 1. The van der Waals surface area contributed by atoms with Crippen molar-refractivity contribution in [3.63, 3.8) is 0 Å². The summed E-state index contributed by atoms with van der Waals surface area (Å²) in [5, 5.41) is 0. The van der Waals surface area contributed by atoms with Gasteiger partial charge in [0.25, 0.3) is 0 Å². The Morgan fingerprint density at radius 3 is 2.67 bits per heavy atom. The molecule has 1 aromatic rings. The van der Waals surface area contributed by atoms with Crippen molar-refractivity contribution in [3.05, 3.63) is 45.3 Å². The van der Waals surface area contributed by atoms with Gasteiger partial charge in [-0.2, -0.15) is 0 Å². The molecule has 1 atom stereocenters. The predicted octanol–water partition coefficient (Wildman–Crippen LogP) is 4.97. The Morgan fingerprint density at radius 2 is 1.97 bits per heavy atom. The largest absolute Gasteiger partial charge is 0.462 e. The Bertz CT molecular complexity index is 850. The number of ether oxygens (including phenoxy) is 2. The van der Waals surface area contributed by atoms with Crippen molar-refractivity contribution < 1.29 is 19.1 Å². The van der Waals surface area contributed by atoms with Crippen LogP contribution in [-0.2, 0) is 15.9 Å². The Balaban J connectivity index is 1.68. The van der Waals surface area contributed by atoms with E-state index in [4.69, 9.17) is 9.47 Å². The highest BCUT2D eigenvalue weighted by atomic mass is 32.1. The number of esters is 1. The molecule has 2 aliphatic rings. The summed E-state index contributed by atoms with van der Waals surface area (Å²) in [4.78, 5) is 30.5. The number of carbonyl (C=O) groups is 2. The molecular weight excluding hydrogens is 400 g/mol. The third-order valence-corrected chi connectivity index (χ3v) is 6.32. The van der Waals surface area contributed by atoms with Gasteiger partial charge in [-0.15, -0.1) is 11.3 Å². The Hall–Kier alpha value is -2.28. The summed E-state index contributed by atoms with van der Waals surface area (Å²) in [7, 11) is 2.05. The van der Waals surface area contributed by atoms with Gasteiger partial charge < -0.3 is 14.4 Å². The van der Waals surface area contributed by atoms with Crippen LogP contribution >= 0.6 is 11.3 Å². The molecule has 1 saturated heterocycles. The zero-order valence-corrected chi connectivity index (χ0v) is 19.4. The maximum absolute atomic E-state index is 12.8. The van der Waals surface area contributed by atoms with Crippen LogP contribution in [0, 0.1) is 0 Å². The molecule has 2 aliphatic heterocycles. The number of hydrogen-bond donors (Lipinski definition) is 0. The molecule has 1 aromatic heterocycles. The Labute approximate surface area is 183 Å². The van der Waals surface area contributed by atoms with Crippen molar-refractivity contribution in [2.75, 3.05) is 20.2 Å². The molecule has 3 heterocycles. The summed E-state index contributed by atoms with van der Waals surface area (Å²) in [6, 6.07) is 3.83. The lowest BCUT2D eigenvalue weighted by Gasteiger charge is -2.46. The average molecular weight is 433 g/mol. The quantitative estimate of drug-likeness (QED) is 0.615. The summed E-state index contributed by atoms with van der Waals surface area (Å²) >= 11 is 1.49. The van der Waals surface area contributed by atoms with Gasteiger partial charge in [0.05, 0.1) is 6.61 Å². The van der Waals surface area contributed by atoms with Crippen molar-refractivity contribution in [3.8, 4) is 0 Å². The first-order valence-electron chi connectivity index (χ1n) is 10.6. The van der Waals surface area contributed by atoms with Crippen LogP contribution in [0.1, 0.15) is 61.5 Å². The number of aryl methyl sites for hydroxylation is 1. The van der Waals surface area contributed by atoms with Crippen LogP contribution in [0.2, 0.25) is 0 Å². The second-order valence-electron chi connectivity index (χ2n) is 8.65. The number of likely N-dealkylation sites (N-methyl/N-ethyl adjacent to an activating group) is 1. The van der Waals surface area contributed by atoms with E-state index in [2.05, 4.69) is 17.1 Å². The van der Waals surface area contributed by atoms with E-state index in [0.717, 1.165) is 30.6 Å². The lowest BCUT2D eigenvalue weighted by atomic mass is 9.95. The number of fused-ring (bicyclic) bond motifs is 1. The van der Waals surface area contributed by atoms with Crippen LogP contribution < -0.4 is 0 Å². The van der Waals surface area contributed by atoms with Gasteiger partial charge in [0, 0.05) is 24.2 Å². The minimum atomic E-state index is -0.514. The van der Waals surface area contributed by atoms with Gasteiger partial charge in [-0.3, -0.25) is 4.90 Å². The number of likely N-dealkylation sites (tertiary alicyclic amines) is 1. The van der Waals surface area contributed by atoms with Crippen LogP contribution in [0.3, 0.4) is 0 Å². The molecule has 0 saturated carbocycles. The first-order chi connectivity index (χ1) is 14.2. The molecule has 0 spiro atoms. The van der Waals surface area contributed by atoms with Crippen molar-refractivity contribution >= 4 is 23.4 Å². The predicted molar refractivity (Wildman–Crippen MR) is 118 cm³/mol. The number of rotatable bonds is 5. The second kappa shape index (κ2) is 9.25. The van der Waals surface area contributed by atoms with E-state index in [-0.39, 0.29) is 18.2 Å². The van der Waals surface area contributed by atoms with Gasteiger partial charge in [-0.05, 0) is 77.2 Å². The highest BCUT2D eigenvalue weighted by molar-refractivity contribution is 7.13. The van der Waals surface area contributed by atoms with E-state index in [1.54, 1.807) is 0 Å². The lowest BCUT2D eigenvalue weighted by Crippen LogP contribution is -2.54. The third kappa shape index (κ3) is 5.25. The summed E-state index contributed by atoms with van der Waals surface area (Å²) in [5.41, 5.74) is 1.91. The van der Waals surface area contributed by atoms with Gasteiger partial charge in [-0.1, -0.05) is 6.08 Å². The molecule has 0 radical (unpaired) electrons. The molecule has 0 aromatic carbocycles. The minimum Gasteiger partial charge on any atom is -0.462 e. The number of thiophene rings is 1. The summed E-state index contributed by atoms with van der Waals surface area (Å²) in [6.45, 7) is 8.58. The smallest absolute Gasteiger partial charge is 0.412 e. The molecule has 0 N–H and O–H groups in total. The summed E-state index contributed by atoms with van der Waals surface area (Å²) < 4.78 is 10.7. The first kappa shape index (κ1) is 22.4. The average Bonchev–Trinajstić information content (AvgIpc) is 3.15. The second-order valence-corrected chi connectivity index (χ2v) is 9.82. The van der Waals surface area contributed by atoms with Crippen molar-refractivity contribution in [1.82, 2.24) is 9.80 Å². The molecule has 1 fully saturated rings. The molecule has 164 valence electrons. The van der Waals surface area contributed by atoms with E-state index in [1.807, 2.05) is 51.8 Å². The highest BCUT2D eigenvalue weighted by Gasteiger charge is 2.37. The van der Waals surface area contributed by atoms with E-state index < -0.39 is 5.60 Å². The third-order valence-electron chi connectivity index (χ3n) is 5.19. The Morgan fingerprint density at radius 1 is 1.20 bits per heavy atom. The van der Waals surface area contributed by atoms with E-state index in [1.165, 1.54) is 22.6 Å². The number of allylic oxidation sites excluding steroid dienone is 3. The molecule has 1 amide bonds. The minimum absolute atomic E-state index is 0.0907. The van der Waals surface area contributed by atoms with Gasteiger partial charge in [-0.25, -0.2) is 9.59 Å². The van der Waals surface area contributed by atoms with Crippen molar-refractivity contribution in [2.45, 2.75) is 65.1 Å². The number of hydrogen-bond acceptors (Lipinski definition) is 6. The number of carbonyl (C=O) groups excluding carboxylic acids is 2. The van der Waals surface area contributed by atoms with Gasteiger partial charge >= 0.3 is 12.1 Å². The normalized spacial score (nSPS) is 19.0. The standard InChI is InChI=1S/C23H32N2O4S/c1-6-28-21(26)19-14-13-18(30-19)12-11-17-10-9-16-8-7-15-25(20(16)24(17)5)22(27)29-23(2,3)4/h9-10,13-14,20H,6-8,11-12,15H2,1-5H3. The lowest BCUT2D eigenvalue weighted by molar-refractivity contribution is -0.00122. The highest BCUT2D eigenvalue weighted by Crippen LogP contribution is 2.33.